The average molecular weight is 335 g/mol. The minimum atomic E-state index is 0.0709. The van der Waals surface area contributed by atoms with E-state index < -0.39 is 0 Å². The lowest BCUT2D eigenvalue weighted by Crippen LogP contribution is -2.19. The molecule has 1 saturated carbocycles. The summed E-state index contributed by atoms with van der Waals surface area (Å²) in [6.07, 6.45) is 6.88. The molecule has 6 heteroatoms. The lowest BCUT2D eigenvalue weighted by atomic mass is 10.3. The van der Waals surface area contributed by atoms with Crippen molar-refractivity contribution in [1.29, 1.82) is 0 Å². The number of hydrogen-bond acceptors (Lipinski definition) is 4. The van der Waals surface area contributed by atoms with Gasteiger partial charge in [-0.15, -0.1) is 23.1 Å². The lowest BCUT2D eigenvalue weighted by Gasteiger charge is -2.10. The molecule has 3 rings (SSSR count). The van der Waals surface area contributed by atoms with Gasteiger partial charge in [0.05, 0.1) is 18.5 Å². The van der Waals surface area contributed by atoms with Gasteiger partial charge in [-0.05, 0) is 36.8 Å². The highest BCUT2D eigenvalue weighted by molar-refractivity contribution is 8.00. The SMILES string of the molecule is Cc1ccsc1Cn1nccc1NC(=O)CSC1CCCC1. The molecule has 1 aliphatic carbocycles. The number of rotatable bonds is 6. The Hall–Kier alpha value is -1.27. The van der Waals surface area contributed by atoms with Gasteiger partial charge in [-0.3, -0.25) is 4.79 Å². The molecular formula is C16H21N3OS2. The second-order valence-corrected chi connectivity index (χ2v) is 7.96. The van der Waals surface area contributed by atoms with E-state index in [9.17, 15) is 4.79 Å². The van der Waals surface area contributed by atoms with Crippen molar-refractivity contribution in [3.8, 4) is 0 Å². The van der Waals surface area contributed by atoms with E-state index in [1.165, 1.54) is 36.1 Å². The molecule has 1 amide bonds. The highest BCUT2D eigenvalue weighted by atomic mass is 32.2. The number of amides is 1. The van der Waals surface area contributed by atoms with Gasteiger partial charge in [0.15, 0.2) is 0 Å². The number of hydrogen-bond donors (Lipinski definition) is 1. The summed E-state index contributed by atoms with van der Waals surface area (Å²) in [6, 6.07) is 3.97. The van der Waals surface area contributed by atoms with Gasteiger partial charge in [-0.25, -0.2) is 4.68 Å². The van der Waals surface area contributed by atoms with Crippen LogP contribution in [0.1, 0.15) is 36.1 Å². The monoisotopic (exact) mass is 335 g/mol. The van der Waals surface area contributed by atoms with Crippen LogP contribution in [-0.2, 0) is 11.3 Å². The first-order valence-corrected chi connectivity index (χ1v) is 9.61. The van der Waals surface area contributed by atoms with Crippen molar-refractivity contribution >= 4 is 34.8 Å². The Kier molecular flexibility index (Phi) is 5.20. The van der Waals surface area contributed by atoms with E-state index in [0.29, 0.717) is 17.5 Å². The van der Waals surface area contributed by atoms with Crippen LogP contribution in [0.3, 0.4) is 0 Å². The zero-order valence-corrected chi connectivity index (χ0v) is 14.4. The second-order valence-electron chi connectivity index (χ2n) is 5.67. The normalized spacial score (nSPS) is 15.3. The second kappa shape index (κ2) is 7.33. The number of aromatic nitrogens is 2. The summed E-state index contributed by atoms with van der Waals surface area (Å²) < 4.78 is 1.86. The van der Waals surface area contributed by atoms with E-state index in [0.717, 1.165) is 5.82 Å². The molecule has 1 N–H and O–H groups in total. The molecule has 0 saturated heterocycles. The van der Waals surface area contributed by atoms with Crippen molar-refractivity contribution in [2.75, 3.05) is 11.1 Å². The summed E-state index contributed by atoms with van der Waals surface area (Å²) in [4.78, 5) is 13.4. The summed E-state index contributed by atoms with van der Waals surface area (Å²) in [5, 5.41) is 10.1. The van der Waals surface area contributed by atoms with Gasteiger partial charge in [0.2, 0.25) is 5.91 Å². The average Bonchev–Trinajstić information content (AvgIpc) is 3.22. The van der Waals surface area contributed by atoms with E-state index in [1.54, 1.807) is 29.3 Å². The van der Waals surface area contributed by atoms with Crippen molar-refractivity contribution in [3.63, 3.8) is 0 Å². The van der Waals surface area contributed by atoms with Gasteiger partial charge in [-0.1, -0.05) is 12.8 Å². The van der Waals surface area contributed by atoms with Crippen molar-refractivity contribution in [2.45, 2.75) is 44.4 Å². The molecule has 0 atom stereocenters. The first kappa shape index (κ1) is 15.6. The third kappa shape index (κ3) is 3.93. The summed E-state index contributed by atoms with van der Waals surface area (Å²) in [7, 11) is 0. The van der Waals surface area contributed by atoms with Crippen LogP contribution < -0.4 is 5.32 Å². The van der Waals surface area contributed by atoms with Crippen LogP contribution in [0.4, 0.5) is 5.82 Å². The molecule has 2 aromatic heterocycles. The number of thiophene rings is 1. The van der Waals surface area contributed by atoms with Gasteiger partial charge in [-0.2, -0.15) is 5.10 Å². The van der Waals surface area contributed by atoms with Crippen LogP contribution in [0.25, 0.3) is 0 Å². The quantitative estimate of drug-likeness (QED) is 0.870. The zero-order chi connectivity index (χ0) is 15.4. The van der Waals surface area contributed by atoms with Gasteiger partial charge < -0.3 is 5.32 Å². The van der Waals surface area contributed by atoms with Crippen LogP contribution in [0.5, 0.6) is 0 Å². The molecule has 2 aromatic rings. The molecule has 0 radical (unpaired) electrons. The topological polar surface area (TPSA) is 46.9 Å². The summed E-state index contributed by atoms with van der Waals surface area (Å²) in [5.41, 5.74) is 1.27. The molecule has 118 valence electrons. The van der Waals surface area contributed by atoms with Gasteiger partial charge in [0, 0.05) is 16.2 Å². The van der Waals surface area contributed by atoms with E-state index in [-0.39, 0.29) is 5.91 Å². The Labute approximate surface area is 139 Å². The Balaban J connectivity index is 1.55. The Morgan fingerprint density at radius 1 is 1.45 bits per heavy atom. The molecule has 22 heavy (non-hydrogen) atoms. The summed E-state index contributed by atoms with van der Waals surface area (Å²) in [6.45, 7) is 2.81. The van der Waals surface area contributed by atoms with Crippen LogP contribution in [0.15, 0.2) is 23.7 Å². The largest absolute Gasteiger partial charge is 0.310 e. The van der Waals surface area contributed by atoms with E-state index in [4.69, 9.17) is 0 Å². The number of carbonyl (C=O) groups excluding carboxylic acids is 1. The zero-order valence-electron chi connectivity index (χ0n) is 12.7. The predicted molar refractivity (Wildman–Crippen MR) is 93.7 cm³/mol. The van der Waals surface area contributed by atoms with Crippen molar-refractivity contribution in [2.24, 2.45) is 0 Å². The van der Waals surface area contributed by atoms with Gasteiger partial charge in [0.25, 0.3) is 0 Å². The summed E-state index contributed by atoms with van der Waals surface area (Å²) in [5.74, 6) is 1.39. The fraction of sp³-hybridized carbons (Fsp3) is 0.500. The molecule has 0 bridgehead atoms. The third-order valence-corrected chi connectivity index (χ3v) is 6.38. The van der Waals surface area contributed by atoms with E-state index in [1.807, 2.05) is 10.7 Å². The highest BCUT2D eigenvalue weighted by Gasteiger charge is 2.17. The fourth-order valence-electron chi connectivity index (χ4n) is 2.69. The Bertz CT molecular complexity index is 629. The molecule has 0 aliphatic heterocycles. The van der Waals surface area contributed by atoms with Crippen LogP contribution in [0.2, 0.25) is 0 Å². The van der Waals surface area contributed by atoms with Crippen molar-refractivity contribution < 1.29 is 4.79 Å². The molecular weight excluding hydrogens is 314 g/mol. The van der Waals surface area contributed by atoms with Crippen molar-refractivity contribution in [3.05, 3.63) is 34.2 Å². The van der Waals surface area contributed by atoms with Crippen LogP contribution >= 0.6 is 23.1 Å². The number of nitrogens with one attached hydrogen (secondary N) is 1. The number of nitrogens with zero attached hydrogens (tertiary/aromatic N) is 2. The number of carbonyl (C=O) groups is 1. The molecule has 2 heterocycles. The minimum Gasteiger partial charge on any atom is -0.310 e. The van der Waals surface area contributed by atoms with Crippen LogP contribution in [0, 0.1) is 6.92 Å². The molecule has 1 fully saturated rings. The fourth-order valence-corrected chi connectivity index (χ4v) is 4.71. The van der Waals surface area contributed by atoms with E-state index >= 15 is 0 Å². The molecule has 0 aromatic carbocycles. The number of anilines is 1. The predicted octanol–water partition coefficient (Wildman–Crippen LogP) is 3.92. The highest BCUT2D eigenvalue weighted by Crippen LogP contribution is 2.29. The lowest BCUT2D eigenvalue weighted by molar-refractivity contribution is -0.113. The number of thioether (sulfide) groups is 1. The van der Waals surface area contributed by atoms with Crippen molar-refractivity contribution in [1.82, 2.24) is 9.78 Å². The maximum absolute atomic E-state index is 12.1. The Morgan fingerprint density at radius 3 is 3.00 bits per heavy atom. The smallest absolute Gasteiger partial charge is 0.235 e. The van der Waals surface area contributed by atoms with Gasteiger partial charge >= 0.3 is 0 Å². The van der Waals surface area contributed by atoms with Crippen LogP contribution in [-0.4, -0.2) is 26.7 Å². The first-order valence-electron chi connectivity index (χ1n) is 7.68. The molecule has 0 unspecified atom stereocenters. The summed E-state index contributed by atoms with van der Waals surface area (Å²) >= 11 is 3.51. The molecule has 1 aliphatic rings. The third-order valence-electron chi connectivity index (χ3n) is 4.00. The first-order chi connectivity index (χ1) is 10.7. The Morgan fingerprint density at radius 2 is 2.27 bits per heavy atom. The van der Waals surface area contributed by atoms with Gasteiger partial charge in [0.1, 0.15) is 5.82 Å². The standard InChI is InChI=1S/C16H21N3OS2/c1-12-7-9-21-14(12)10-19-15(6-8-17-19)18-16(20)11-22-13-4-2-3-5-13/h6-9,13H,2-5,10-11H2,1H3,(H,18,20). The molecule has 0 spiro atoms. The number of aryl methyl sites for hydroxylation is 1. The maximum atomic E-state index is 12.1. The minimum absolute atomic E-state index is 0.0709. The van der Waals surface area contributed by atoms with E-state index in [2.05, 4.69) is 28.8 Å². The molecule has 4 nitrogen and oxygen atoms in total. The maximum Gasteiger partial charge on any atom is 0.235 e.